The molecule has 1 fully saturated rings. The Morgan fingerprint density at radius 1 is 1.71 bits per heavy atom. The lowest BCUT2D eigenvalue weighted by molar-refractivity contribution is 0.0914. The molecular weight excluding hydrogens is 180 g/mol. The van der Waals surface area contributed by atoms with E-state index >= 15 is 0 Å². The molecular formula is C9H14N4O. The van der Waals surface area contributed by atoms with Gasteiger partial charge in [0.05, 0.1) is 11.7 Å². The summed E-state index contributed by atoms with van der Waals surface area (Å²) < 4.78 is 1.61. The van der Waals surface area contributed by atoms with Crippen molar-refractivity contribution in [3.63, 3.8) is 0 Å². The number of nitrogens with zero attached hydrogens (tertiary/aromatic N) is 2. The van der Waals surface area contributed by atoms with Crippen molar-refractivity contribution in [3.8, 4) is 0 Å². The van der Waals surface area contributed by atoms with Gasteiger partial charge in [0.15, 0.2) is 0 Å². The summed E-state index contributed by atoms with van der Waals surface area (Å²) in [6.07, 6.45) is 0. The Bertz CT molecular complexity index is 354. The molecule has 1 saturated heterocycles. The molecule has 0 unspecified atom stereocenters. The minimum atomic E-state index is -0.0420. The highest BCUT2D eigenvalue weighted by molar-refractivity contribution is 5.92. The maximum absolute atomic E-state index is 11.7. The maximum atomic E-state index is 11.7. The summed E-state index contributed by atoms with van der Waals surface area (Å²) in [7, 11) is 1.78. The lowest BCUT2D eigenvalue weighted by Gasteiger charge is -2.27. The van der Waals surface area contributed by atoms with Crippen molar-refractivity contribution in [2.24, 2.45) is 7.05 Å². The van der Waals surface area contributed by atoms with Gasteiger partial charge in [-0.3, -0.25) is 9.48 Å². The van der Waals surface area contributed by atoms with Gasteiger partial charge < -0.3 is 10.6 Å². The summed E-state index contributed by atoms with van der Waals surface area (Å²) in [6.45, 7) is 3.60. The fraction of sp³-hybridized carbons (Fsp3) is 0.556. The predicted molar refractivity (Wildman–Crippen MR) is 52.1 cm³/mol. The Morgan fingerprint density at radius 2 is 2.43 bits per heavy atom. The third-order valence-electron chi connectivity index (χ3n) is 2.35. The average Bonchev–Trinajstić information content (AvgIpc) is 2.37. The number of aryl methyl sites for hydroxylation is 2. The van der Waals surface area contributed by atoms with Gasteiger partial charge in [0.1, 0.15) is 5.69 Å². The van der Waals surface area contributed by atoms with Gasteiger partial charge >= 0.3 is 0 Å². The van der Waals surface area contributed by atoms with E-state index in [1.54, 1.807) is 17.8 Å². The number of amides is 1. The number of carbonyl (C=O) groups excluding carboxylic acids is 1. The maximum Gasteiger partial charge on any atom is 0.269 e. The van der Waals surface area contributed by atoms with Crippen LogP contribution in [-0.4, -0.2) is 34.8 Å². The highest BCUT2D eigenvalue weighted by atomic mass is 16.2. The number of hydrogen-bond acceptors (Lipinski definition) is 3. The Balaban J connectivity index is 2.06. The molecule has 1 aromatic rings. The molecule has 0 atom stereocenters. The van der Waals surface area contributed by atoms with Crippen LogP contribution in [0.2, 0.25) is 0 Å². The minimum absolute atomic E-state index is 0.0420. The molecule has 1 aromatic heterocycles. The fourth-order valence-corrected chi connectivity index (χ4v) is 1.47. The molecule has 2 N–H and O–H groups in total. The molecule has 5 heteroatoms. The second kappa shape index (κ2) is 3.42. The van der Waals surface area contributed by atoms with Crippen LogP contribution < -0.4 is 10.6 Å². The Morgan fingerprint density at radius 3 is 2.86 bits per heavy atom. The monoisotopic (exact) mass is 194 g/mol. The van der Waals surface area contributed by atoms with E-state index in [0.29, 0.717) is 5.69 Å². The highest BCUT2D eigenvalue weighted by Crippen LogP contribution is 2.02. The van der Waals surface area contributed by atoms with Gasteiger partial charge in [0.25, 0.3) is 5.91 Å². The van der Waals surface area contributed by atoms with Crippen LogP contribution in [0, 0.1) is 6.92 Å². The molecule has 0 saturated carbocycles. The Labute approximate surface area is 82.5 Å². The summed E-state index contributed by atoms with van der Waals surface area (Å²) in [6, 6.07) is 2.07. The molecule has 0 radical (unpaired) electrons. The molecule has 1 aliphatic heterocycles. The molecule has 14 heavy (non-hydrogen) atoms. The predicted octanol–water partition coefficient (Wildman–Crippen LogP) is -0.570. The molecule has 5 nitrogen and oxygen atoms in total. The highest BCUT2D eigenvalue weighted by Gasteiger charge is 2.21. The van der Waals surface area contributed by atoms with Gasteiger partial charge in [0.2, 0.25) is 0 Å². The van der Waals surface area contributed by atoms with E-state index in [1.807, 2.05) is 6.92 Å². The number of nitrogens with one attached hydrogen (secondary N) is 2. The van der Waals surface area contributed by atoms with E-state index in [9.17, 15) is 4.79 Å². The third kappa shape index (κ3) is 1.63. The van der Waals surface area contributed by atoms with E-state index in [0.717, 1.165) is 18.8 Å². The Kier molecular flexibility index (Phi) is 2.25. The second-order valence-electron chi connectivity index (χ2n) is 3.62. The van der Waals surface area contributed by atoms with Gasteiger partial charge in [-0.15, -0.1) is 0 Å². The zero-order valence-electron chi connectivity index (χ0n) is 8.37. The first-order valence-corrected chi connectivity index (χ1v) is 4.69. The number of carbonyl (C=O) groups is 1. The van der Waals surface area contributed by atoms with Crippen LogP contribution in [0.5, 0.6) is 0 Å². The third-order valence-corrected chi connectivity index (χ3v) is 2.35. The summed E-state index contributed by atoms with van der Waals surface area (Å²) in [5.74, 6) is -0.0420. The molecule has 2 rings (SSSR count). The van der Waals surface area contributed by atoms with Crippen LogP contribution >= 0.6 is 0 Å². The van der Waals surface area contributed by atoms with Gasteiger partial charge in [0, 0.05) is 20.1 Å². The van der Waals surface area contributed by atoms with Gasteiger partial charge in [-0.2, -0.15) is 5.10 Å². The van der Waals surface area contributed by atoms with Crippen molar-refractivity contribution in [3.05, 3.63) is 17.5 Å². The lowest BCUT2D eigenvalue weighted by Crippen LogP contribution is -2.57. The van der Waals surface area contributed by atoms with E-state index < -0.39 is 0 Å². The molecule has 0 aliphatic carbocycles. The molecule has 76 valence electrons. The van der Waals surface area contributed by atoms with Gasteiger partial charge in [-0.05, 0) is 13.0 Å². The lowest BCUT2D eigenvalue weighted by atomic mass is 10.2. The van der Waals surface area contributed by atoms with Gasteiger partial charge in [-0.25, -0.2) is 0 Å². The van der Waals surface area contributed by atoms with Crippen molar-refractivity contribution in [1.29, 1.82) is 0 Å². The van der Waals surface area contributed by atoms with E-state index in [1.165, 1.54) is 0 Å². The first-order chi connectivity index (χ1) is 6.66. The largest absolute Gasteiger partial charge is 0.345 e. The summed E-state index contributed by atoms with van der Waals surface area (Å²) in [5, 5.41) is 10.1. The van der Waals surface area contributed by atoms with Crippen molar-refractivity contribution in [1.82, 2.24) is 20.4 Å². The Hall–Kier alpha value is -1.36. The molecule has 0 aromatic carbocycles. The molecule has 0 spiro atoms. The summed E-state index contributed by atoms with van der Waals surface area (Å²) in [5.41, 5.74) is 1.48. The molecule has 0 bridgehead atoms. The van der Waals surface area contributed by atoms with Crippen LogP contribution in [0.1, 0.15) is 16.2 Å². The summed E-state index contributed by atoms with van der Waals surface area (Å²) in [4.78, 5) is 11.7. The van der Waals surface area contributed by atoms with E-state index in [-0.39, 0.29) is 11.9 Å². The minimum Gasteiger partial charge on any atom is -0.345 e. The zero-order valence-corrected chi connectivity index (χ0v) is 8.37. The van der Waals surface area contributed by atoms with Crippen LogP contribution in [0.3, 0.4) is 0 Å². The second-order valence-corrected chi connectivity index (χ2v) is 3.62. The molecule has 1 amide bonds. The average molecular weight is 194 g/mol. The van der Waals surface area contributed by atoms with Gasteiger partial charge in [-0.1, -0.05) is 0 Å². The normalized spacial score (nSPS) is 16.4. The van der Waals surface area contributed by atoms with Crippen molar-refractivity contribution < 1.29 is 4.79 Å². The van der Waals surface area contributed by atoms with Crippen molar-refractivity contribution >= 4 is 5.91 Å². The first kappa shape index (κ1) is 9.21. The van der Waals surface area contributed by atoms with E-state index in [4.69, 9.17) is 0 Å². The van der Waals surface area contributed by atoms with Crippen molar-refractivity contribution in [2.75, 3.05) is 13.1 Å². The van der Waals surface area contributed by atoms with Crippen LogP contribution in [0.25, 0.3) is 0 Å². The quantitative estimate of drug-likeness (QED) is 0.663. The van der Waals surface area contributed by atoms with Crippen LogP contribution in [0.4, 0.5) is 0 Å². The van der Waals surface area contributed by atoms with Crippen LogP contribution in [-0.2, 0) is 7.05 Å². The molecule has 1 aliphatic rings. The smallest absolute Gasteiger partial charge is 0.269 e. The number of aromatic nitrogens is 2. The topological polar surface area (TPSA) is 59.0 Å². The zero-order chi connectivity index (χ0) is 10.1. The molecule has 2 heterocycles. The number of hydrogen-bond donors (Lipinski definition) is 2. The van der Waals surface area contributed by atoms with Crippen molar-refractivity contribution in [2.45, 2.75) is 13.0 Å². The fourth-order valence-electron chi connectivity index (χ4n) is 1.47. The number of rotatable bonds is 2. The van der Waals surface area contributed by atoms with E-state index in [2.05, 4.69) is 15.7 Å². The SMILES string of the molecule is Cc1cc(C(=O)NC2CNC2)n(C)n1. The summed E-state index contributed by atoms with van der Waals surface area (Å²) >= 11 is 0. The standard InChI is InChI=1S/C9H14N4O/c1-6-3-8(13(2)12-6)9(14)11-7-4-10-5-7/h3,7,10H,4-5H2,1-2H3,(H,11,14). The first-order valence-electron chi connectivity index (χ1n) is 4.69. The van der Waals surface area contributed by atoms with Crippen LogP contribution in [0.15, 0.2) is 6.07 Å².